The van der Waals surface area contributed by atoms with Crippen LogP contribution in [-0.4, -0.2) is 53.2 Å². The molecule has 1 aliphatic heterocycles. The summed E-state index contributed by atoms with van der Waals surface area (Å²) in [6.45, 7) is 4.49. The average molecular weight is 447 g/mol. The topological polar surface area (TPSA) is 94.6 Å². The molecule has 1 fully saturated rings. The van der Waals surface area contributed by atoms with Gasteiger partial charge >= 0.3 is 12.0 Å². The van der Waals surface area contributed by atoms with Crippen LogP contribution >= 0.6 is 0 Å². The highest BCUT2D eigenvalue weighted by molar-refractivity contribution is 6.00. The number of rotatable bonds is 7. The van der Waals surface area contributed by atoms with Crippen LogP contribution in [0.25, 0.3) is 10.9 Å². The Morgan fingerprint density at radius 3 is 2.48 bits per heavy atom. The summed E-state index contributed by atoms with van der Waals surface area (Å²) in [6, 6.07) is 19.2. The Balaban J connectivity index is 1.27. The first-order valence-corrected chi connectivity index (χ1v) is 11.4. The highest BCUT2D eigenvalue weighted by Crippen LogP contribution is 2.35. The number of aromatic nitrogens is 1. The smallest absolute Gasteiger partial charge is 0.319 e. The molecule has 0 radical (unpaired) electrons. The summed E-state index contributed by atoms with van der Waals surface area (Å²) in [6.07, 6.45) is 1.76. The fourth-order valence-electron chi connectivity index (χ4n) is 4.56. The Morgan fingerprint density at radius 2 is 1.76 bits per heavy atom. The van der Waals surface area contributed by atoms with Gasteiger partial charge in [0, 0.05) is 24.2 Å². The number of carbonyl (C=O) groups is 2. The first-order chi connectivity index (χ1) is 15.9. The van der Waals surface area contributed by atoms with Gasteiger partial charge in [0.2, 0.25) is 0 Å². The van der Waals surface area contributed by atoms with Crippen molar-refractivity contribution in [2.24, 2.45) is 5.41 Å². The van der Waals surface area contributed by atoms with Crippen LogP contribution in [0.3, 0.4) is 0 Å². The number of anilines is 1. The summed E-state index contributed by atoms with van der Waals surface area (Å²) in [7, 11) is 0. The summed E-state index contributed by atoms with van der Waals surface area (Å²) in [5.74, 6) is -0.719. The maximum Gasteiger partial charge on any atom is 0.319 e. The molecule has 2 aromatic carbocycles. The quantitative estimate of drug-likeness (QED) is 0.509. The average Bonchev–Trinajstić information content (AvgIpc) is 2.81. The summed E-state index contributed by atoms with van der Waals surface area (Å²) in [5, 5.41) is 16.7. The third-order valence-corrected chi connectivity index (χ3v) is 6.46. The number of urea groups is 1. The minimum absolute atomic E-state index is 0.258. The van der Waals surface area contributed by atoms with E-state index in [1.807, 2.05) is 67.6 Å². The van der Waals surface area contributed by atoms with Gasteiger partial charge in [-0.2, -0.15) is 0 Å². The van der Waals surface area contributed by atoms with Gasteiger partial charge in [-0.1, -0.05) is 48.5 Å². The van der Waals surface area contributed by atoms with E-state index in [1.165, 1.54) is 0 Å². The SMILES string of the molecule is Cc1cc(NC(=O)NCCN2CCC(Cc3ccccc3)(C(=O)O)CC2)c2ccccc2n1. The molecule has 0 bridgehead atoms. The van der Waals surface area contributed by atoms with Crippen molar-refractivity contribution in [1.82, 2.24) is 15.2 Å². The number of likely N-dealkylation sites (tertiary alicyclic amines) is 1. The lowest BCUT2D eigenvalue weighted by Gasteiger charge is -2.39. The number of aryl methyl sites for hydroxylation is 1. The predicted molar refractivity (Wildman–Crippen MR) is 129 cm³/mol. The molecule has 0 aliphatic carbocycles. The molecule has 3 N–H and O–H groups in total. The Morgan fingerprint density at radius 1 is 1.06 bits per heavy atom. The molecule has 0 atom stereocenters. The van der Waals surface area contributed by atoms with E-state index in [4.69, 9.17) is 0 Å². The number of fused-ring (bicyclic) bond motifs is 1. The van der Waals surface area contributed by atoms with Gasteiger partial charge in [-0.15, -0.1) is 0 Å². The van der Waals surface area contributed by atoms with Crippen LogP contribution in [-0.2, 0) is 11.2 Å². The van der Waals surface area contributed by atoms with Crippen molar-refractivity contribution < 1.29 is 14.7 Å². The number of piperidine rings is 1. The number of carboxylic acid groups (broad SMARTS) is 1. The third kappa shape index (κ3) is 5.49. The van der Waals surface area contributed by atoms with Crippen molar-refractivity contribution in [3.8, 4) is 0 Å². The van der Waals surface area contributed by atoms with Crippen LogP contribution in [0, 0.1) is 12.3 Å². The standard InChI is InChI=1S/C26H30N4O3/c1-19-17-23(21-9-5-6-10-22(21)28-19)29-25(33)27-13-16-30-14-11-26(12-15-30,24(31)32)18-20-7-3-2-4-8-20/h2-10,17H,11-16,18H2,1H3,(H,31,32)(H2,27,28,29,33). The van der Waals surface area contributed by atoms with Crippen LogP contribution in [0.2, 0.25) is 0 Å². The molecule has 0 unspecified atom stereocenters. The highest BCUT2D eigenvalue weighted by Gasteiger charge is 2.41. The molecule has 3 aromatic rings. The summed E-state index contributed by atoms with van der Waals surface area (Å²) in [5.41, 5.74) is 2.77. The van der Waals surface area contributed by atoms with Gasteiger partial charge in [0.05, 0.1) is 16.6 Å². The van der Waals surface area contributed by atoms with Crippen molar-refractivity contribution in [2.75, 3.05) is 31.5 Å². The van der Waals surface area contributed by atoms with Gasteiger partial charge in [-0.05, 0) is 57.0 Å². The number of nitrogens with zero attached hydrogens (tertiary/aromatic N) is 2. The van der Waals surface area contributed by atoms with Crippen LogP contribution in [0.5, 0.6) is 0 Å². The van der Waals surface area contributed by atoms with Crippen molar-refractivity contribution in [1.29, 1.82) is 0 Å². The molecule has 0 spiro atoms. The number of hydrogen-bond acceptors (Lipinski definition) is 4. The van der Waals surface area contributed by atoms with Crippen LogP contribution in [0.4, 0.5) is 10.5 Å². The second-order valence-corrected chi connectivity index (χ2v) is 8.80. The molecular weight excluding hydrogens is 416 g/mol. The maximum atomic E-state index is 12.5. The normalized spacial score (nSPS) is 15.8. The van der Waals surface area contributed by atoms with Gasteiger partial charge < -0.3 is 20.6 Å². The van der Waals surface area contributed by atoms with E-state index in [0.29, 0.717) is 45.4 Å². The number of nitrogens with one attached hydrogen (secondary N) is 2. The molecule has 33 heavy (non-hydrogen) atoms. The number of pyridine rings is 1. The largest absolute Gasteiger partial charge is 0.481 e. The summed E-state index contributed by atoms with van der Waals surface area (Å²) < 4.78 is 0. The Kier molecular flexibility index (Phi) is 6.89. The van der Waals surface area contributed by atoms with Crippen molar-refractivity contribution >= 4 is 28.6 Å². The minimum Gasteiger partial charge on any atom is -0.481 e. The monoisotopic (exact) mass is 446 g/mol. The van der Waals surface area contributed by atoms with Crippen LogP contribution in [0.1, 0.15) is 24.1 Å². The van der Waals surface area contributed by atoms with Gasteiger partial charge in [0.1, 0.15) is 0 Å². The zero-order chi connectivity index (χ0) is 23.3. The van der Waals surface area contributed by atoms with E-state index >= 15 is 0 Å². The van der Waals surface area contributed by atoms with Gasteiger partial charge in [-0.25, -0.2) is 4.79 Å². The fraction of sp³-hybridized carbons (Fsp3) is 0.346. The second-order valence-electron chi connectivity index (χ2n) is 8.80. The predicted octanol–water partition coefficient (Wildman–Crippen LogP) is 4.07. The minimum atomic E-state index is -0.719. The number of hydrogen-bond donors (Lipinski definition) is 3. The van der Waals surface area contributed by atoms with E-state index < -0.39 is 11.4 Å². The number of carbonyl (C=O) groups excluding carboxylic acids is 1. The number of benzene rings is 2. The third-order valence-electron chi connectivity index (χ3n) is 6.46. The molecule has 0 saturated carbocycles. The zero-order valence-electron chi connectivity index (χ0n) is 18.9. The molecular formula is C26H30N4O3. The maximum absolute atomic E-state index is 12.5. The molecule has 7 nitrogen and oxygen atoms in total. The number of para-hydroxylation sites is 1. The van der Waals surface area contributed by atoms with Crippen molar-refractivity contribution in [2.45, 2.75) is 26.2 Å². The summed E-state index contributed by atoms with van der Waals surface area (Å²) >= 11 is 0. The molecule has 4 rings (SSSR count). The van der Waals surface area contributed by atoms with Gasteiger partial charge in [0.25, 0.3) is 0 Å². The molecule has 1 aliphatic rings. The fourth-order valence-corrected chi connectivity index (χ4v) is 4.56. The van der Waals surface area contributed by atoms with Crippen LogP contribution < -0.4 is 10.6 Å². The highest BCUT2D eigenvalue weighted by atomic mass is 16.4. The lowest BCUT2D eigenvalue weighted by molar-refractivity contribution is -0.152. The number of aliphatic carboxylic acids is 1. The van der Waals surface area contributed by atoms with E-state index in [9.17, 15) is 14.7 Å². The molecule has 172 valence electrons. The van der Waals surface area contributed by atoms with Gasteiger partial charge in [0.15, 0.2) is 0 Å². The van der Waals surface area contributed by atoms with Crippen LogP contribution in [0.15, 0.2) is 60.7 Å². The van der Waals surface area contributed by atoms with E-state index in [-0.39, 0.29) is 6.03 Å². The summed E-state index contributed by atoms with van der Waals surface area (Å²) in [4.78, 5) is 31.3. The second kappa shape index (κ2) is 10.0. The number of carboxylic acids is 1. The molecule has 7 heteroatoms. The molecule has 2 heterocycles. The van der Waals surface area contributed by atoms with Crippen molar-refractivity contribution in [3.05, 3.63) is 71.9 Å². The first-order valence-electron chi connectivity index (χ1n) is 11.4. The van der Waals surface area contributed by atoms with Gasteiger partial charge in [-0.3, -0.25) is 9.78 Å². The molecule has 1 saturated heterocycles. The van der Waals surface area contributed by atoms with E-state index in [1.54, 1.807) is 0 Å². The van der Waals surface area contributed by atoms with E-state index in [0.717, 1.165) is 27.8 Å². The lowest BCUT2D eigenvalue weighted by atomic mass is 9.74. The Bertz CT molecular complexity index is 1120. The Hall–Kier alpha value is -3.45. The molecule has 2 amide bonds. The number of amides is 2. The molecule has 1 aromatic heterocycles. The zero-order valence-corrected chi connectivity index (χ0v) is 18.9. The first kappa shape index (κ1) is 22.7. The van der Waals surface area contributed by atoms with Crippen molar-refractivity contribution in [3.63, 3.8) is 0 Å². The lowest BCUT2D eigenvalue weighted by Crippen LogP contribution is -2.47. The van der Waals surface area contributed by atoms with E-state index in [2.05, 4.69) is 20.5 Å². The Labute approximate surface area is 193 Å².